The van der Waals surface area contributed by atoms with Gasteiger partial charge in [-0.3, -0.25) is 4.79 Å². The Kier molecular flexibility index (Phi) is 5.88. The number of piperidine rings is 1. The van der Waals surface area contributed by atoms with Gasteiger partial charge < -0.3 is 21.4 Å². The van der Waals surface area contributed by atoms with Crippen molar-refractivity contribution in [3.63, 3.8) is 0 Å². The van der Waals surface area contributed by atoms with Crippen molar-refractivity contribution < 1.29 is 4.79 Å². The Labute approximate surface area is 161 Å². The molecule has 27 heavy (non-hydrogen) atoms. The summed E-state index contributed by atoms with van der Waals surface area (Å²) in [7, 11) is 2.76. The van der Waals surface area contributed by atoms with Crippen LogP contribution in [-0.2, 0) is 4.79 Å². The largest absolute Gasteiger partial charge is 0.404 e. The van der Waals surface area contributed by atoms with Crippen LogP contribution in [0.1, 0.15) is 25.3 Å². The Morgan fingerprint density at radius 1 is 1.37 bits per heavy atom. The molecule has 2 heterocycles. The van der Waals surface area contributed by atoms with Crippen molar-refractivity contribution in [2.75, 3.05) is 25.0 Å². The fourth-order valence-electron chi connectivity index (χ4n) is 3.35. The van der Waals surface area contributed by atoms with E-state index in [1.165, 1.54) is 12.4 Å². The molecule has 1 amide bonds. The van der Waals surface area contributed by atoms with Gasteiger partial charge in [0, 0.05) is 29.6 Å². The molecule has 142 valence electrons. The number of aromatic nitrogens is 1. The molecular weight excluding hydrogens is 357 g/mol. The SMILES string of the molecule is CCN1CCC(P)(C(=O)Nc2cc3cc(/C(C=N)=C/N)ccc3cn2)CC1. The first-order valence-corrected chi connectivity index (χ1v) is 9.72. The van der Waals surface area contributed by atoms with Crippen LogP contribution in [0.25, 0.3) is 16.3 Å². The highest BCUT2D eigenvalue weighted by molar-refractivity contribution is 7.21. The van der Waals surface area contributed by atoms with Gasteiger partial charge in [-0.15, -0.1) is 9.24 Å². The van der Waals surface area contributed by atoms with Crippen LogP contribution < -0.4 is 11.1 Å². The van der Waals surface area contributed by atoms with Crippen molar-refractivity contribution in [3.8, 4) is 0 Å². The third kappa shape index (κ3) is 4.18. The summed E-state index contributed by atoms with van der Waals surface area (Å²) in [6.07, 6.45) is 6.03. The molecule has 1 aromatic carbocycles. The summed E-state index contributed by atoms with van der Waals surface area (Å²) in [4.78, 5) is 19.6. The number of allylic oxidation sites excluding steroid dienone is 1. The lowest BCUT2D eigenvalue weighted by Crippen LogP contribution is -2.47. The molecule has 6 nitrogen and oxygen atoms in total. The summed E-state index contributed by atoms with van der Waals surface area (Å²) in [5, 5.41) is 11.9. The quantitative estimate of drug-likeness (QED) is 0.547. The molecule has 0 radical (unpaired) electrons. The van der Waals surface area contributed by atoms with Gasteiger partial charge in [0.25, 0.3) is 0 Å². The molecule has 1 aliphatic heterocycles. The monoisotopic (exact) mass is 383 g/mol. The summed E-state index contributed by atoms with van der Waals surface area (Å²) in [6, 6.07) is 7.66. The minimum Gasteiger partial charge on any atom is -0.404 e. The zero-order valence-corrected chi connectivity index (χ0v) is 16.7. The predicted molar refractivity (Wildman–Crippen MR) is 115 cm³/mol. The van der Waals surface area contributed by atoms with Crippen LogP contribution in [0.5, 0.6) is 0 Å². The van der Waals surface area contributed by atoms with Crippen molar-refractivity contribution in [3.05, 3.63) is 42.2 Å². The third-order valence-electron chi connectivity index (χ3n) is 5.28. The summed E-state index contributed by atoms with van der Waals surface area (Å²) in [6.45, 7) is 5.03. The number of likely N-dealkylation sites (tertiary alicyclic amines) is 1. The molecule has 0 spiro atoms. The zero-order valence-electron chi connectivity index (χ0n) is 15.5. The molecular formula is C20H26N5OP. The zero-order chi connectivity index (χ0) is 19.4. The second kappa shape index (κ2) is 8.15. The van der Waals surface area contributed by atoms with Gasteiger partial charge in [0.2, 0.25) is 5.91 Å². The standard InChI is InChI=1S/C20H26N5OP/c1-2-25-7-5-20(27,6-8-25)19(26)24-18-10-16-9-14(17(11-21)12-22)3-4-15(16)13-23-18/h3-4,9-13,21H,2,5-8,22,27H2,1H3,(H,23,24,26)/b17-12+,21-11?. The van der Waals surface area contributed by atoms with E-state index in [4.69, 9.17) is 11.1 Å². The van der Waals surface area contributed by atoms with E-state index in [0.29, 0.717) is 11.4 Å². The normalized spacial score (nSPS) is 17.6. The van der Waals surface area contributed by atoms with E-state index in [1.807, 2.05) is 24.3 Å². The number of anilines is 1. The minimum atomic E-state index is -0.445. The number of nitrogens with two attached hydrogens (primary N) is 1. The lowest BCUT2D eigenvalue weighted by atomic mass is 9.94. The molecule has 0 saturated carbocycles. The van der Waals surface area contributed by atoms with Crippen LogP contribution in [-0.4, -0.2) is 46.8 Å². The van der Waals surface area contributed by atoms with Crippen LogP contribution in [0, 0.1) is 5.41 Å². The Morgan fingerprint density at radius 2 is 2.11 bits per heavy atom. The molecule has 4 N–H and O–H groups in total. The van der Waals surface area contributed by atoms with Crippen molar-refractivity contribution in [2.24, 2.45) is 5.73 Å². The lowest BCUT2D eigenvalue weighted by Gasteiger charge is -2.37. The number of nitrogens with one attached hydrogen (secondary N) is 2. The van der Waals surface area contributed by atoms with Crippen LogP contribution in [0.15, 0.2) is 36.7 Å². The molecule has 1 aromatic heterocycles. The molecule has 0 aliphatic carbocycles. The summed E-state index contributed by atoms with van der Waals surface area (Å²) in [5.74, 6) is 0.533. The number of nitrogens with zero attached hydrogens (tertiary/aromatic N) is 2. The average Bonchev–Trinajstić information content (AvgIpc) is 2.69. The van der Waals surface area contributed by atoms with Gasteiger partial charge in [-0.1, -0.05) is 19.1 Å². The van der Waals surface area contributed by atoms with Crippen LogP contribution in [0.4, 0.5) is 5.82 Å². The third-order valence-corrected chi connectivity index (χ3v) is 6.12. The van der Waals surface area contributed by atoms with Gasteiger partial charge in [0.05, 0.1) is 5.16 Å². The molecule has 1 fully saturated rings. The van der Waals surface area contributed by atoms with Crippen LogP contribution in [0.2, 0.25) is 0 Å². The summed E-state index contributed by atoms with van der Waals surface area (Å²) < 4.78 is 0. The maximum absolute atomic E-state index is 12.8. The second-order valence-electron chi connectivity index (χ2n) is 6.94. The minimum absolute atomic E-state index is 0.00621. The summed E-state index contributed by atoms with van der Waals surface area (Å²) in [5.41, 5.74) is 7.09. The first-order valence-electron chi connectivity index (χ1n) is 9.14. The molecule has 1 atom stereocenters. The fraction of sp³-hybridized carbons (Fsp3) is 0.350. The van der Waals surface area contributed by atoms with E-state index in [0.717, 1.165) is 48.8 Å². The summed E-state index contributed by atoms with van der Waals surface area (Å²) >= 11 is 0. The molecule has 2 aromatic rings. The number of hydrogen-bond acceptors (Lipinski definition) is 5. The molecule has 1 unspecified atom stereocenters. The van der Waals surface area contributed by atoms with Crippen molar-refractivity contribution in [1.82, 2.24) is 9.88 Å². The average molecular weight is 383 g/mol. The van der Waals surface area contributed by atoms with Gasteiger partial charge in [-0.2, -0.15) is 0 Å². The topological polar surface area (TPSA) is 95.1 Å². The smallest absolute Gasteiger partial charge is 0.235 e. The van der Waals surface area contributed by atoms with Gasteiger partial charge in [0.1, 0.15) is 5.82 Å². The van der Waals surface area contributed by atoms with E-state index < -0.39 is 5.16 Å². The van der Waals surface area contributed by atoms with Crippen molar-refractivity contribution in [1.29, 1.82) is 5.41 Å². The van der Waals surface area contributed by atoms with E-state index >= 15 is 0 Å². The number of rotatable bonds is 5. The van der Waals surface area contributed by atoms with Gasteiger partial charge in [0.15, 0.2) is 0 Å². The number of carbonyl (C=O) groups excluding carboxylic acids is 1. The van der Waals surface area contributed by atoms with Gasteiger partial charge in [-0.25, -0.2) is 4.98 Å². The Bertz CT molecular complexity index is 887. The second-order valence-corrected chi connectivity index (χ2v) is 8.05. The Hall–Kier alpha value is -2.30. The van der Waals surface area contributed by atoms with Crippen LogP contribution in [0.3, 0.4) is 0 Å². The number of fused-ring (bicyclic) bond motifs is 1. The molecule has 3 rings (SSSR count). The molecule has 1 saturated heterocycles. The highest BCUT2D eigenvalue weighted by Gasteiger charge is 2.37. The lowest BCUT2D eigenvalue weighted by molar-refractivity contribution is -0.119. The van der Waals surface area contributed by atoms with E-state index in [-0.39, 0.29) is 5.91 Å². The number of hydrogen-bond donors (Lipinski definition) is 3. The maximum Gasteiger partial charge on any atom is 0.235 e. The van der Waals surface area contributed by atoms with E-state index in [9.17, 15) is 4.79 Å². The molecule has 1 aliphatic rings. The Morgan fingerprint density at radius 3 is 2.74 bits per heavy atom. The van der Waals surface area contributed by atoms with Crippen molar-refractivity contribution >= 4 is 43.5 Å². The molecule has 0 bridgehead atoms. The Balaban J connectivity index is 1.80. The first kappa shape index (κ1) is 19.5. The highest BCUT2D eigenvalue weighted by atomic mass is 31.0. The number of benzene rings is 1. The molecule has 7 heteroatoms. The number of amides is 1. The van der Waals surface area contributed by atoms with Crippen molar-refractivity contribution in [2.45, 2.75) is 24.9 Å². The van der Waals surface area contributed by atoms with Gasteiger partial charge in [-0.05, 0) is 55.6 Å². The van der Waals surface area contributed by atoms with Gasteiger partial charge >= 0.3 is 0 Å². The maximum atomic E-state index is 12.8. The van der Waals surface area contributed by atoms with Crippen LogP contribution >= 0.6 is 9.24 Å². The predicted octanol–water partition coefficient (Wildman–Crippen LogP) is 2.85. The fourth-order valence-corrected chi connectivity index (χ4v) is 3.68. The number of carbonyl (C=O) groups is 1. The highest BCUT2D eigenvalue weighted by Crippen LogP contribution is 2.33. The number of pyridine rings is 1. The first-order chi connectivity index (χ1) is 13.0. The van der Waals surface area contributed by atoms with E-state index in [1.54, 1.807) is 6.20 Å². The van der Waals surface area contributed by atoms with E-state index in [2.05, 4.69) is 31.4 Å².